The largest absolute Gasteiger partial charge is 0.467 e. The molecule has 0 fully saturated rings. The van der Waals surface area contributed by atoms with Crippen molar-refractivity contribution in [2.24, 2.45) is 0 Å². The normalized spacial score (nSPS) is 12.2. The maximum atomic E-state index is 13.1. The van der Waals surface area contributed by atoms with Crippen molar-refractivity contribution < 1.29 is 18.0 Å². The summed E-state index contributed by atoms with van der Waals surface area (Å²) >= 11 is 0. The van der Waals surface area contributed by atoms with Crippen LogP contribution in [0, 0.1) is 11.6 Å². The summed E-state index contributed by atoms with van der Waals surface area (Å²) < 4.78 is 31.4. The Balaban J connectivity index is 2.23. The molecule has 0 radical (unpaired) electrons. The molecule has 3 nitrogen and oxygen atoms in total. The maximum Gasteiger partial charge on any atom is 0.254 e. The second-order valence-corrected chi connectivity index (χ2v) is 4.27. The fraction of sp³-hybridized carbons (Fsp3) is 0.214. The monoisotopic (exact) mass is 265 g/mol. The third kappa shape index (κ3) is 2.81. The number of carbonyl (C=O) groups is 1. The molecule has 0 bridgehead atoms. The summed E-state index contributed by atoms with van der Waals surface area (Å²) in [5.41, 5.74) is -0.0293. The highest BCUT2D eigenvalue weighted by atomic mass is 19.1. The summed E-state index contributed by atoms with van der Waals surface area (Å²) in [6, 6.07) is 5.88. The summed E-state index contributed by atoms with van der Waals surface area (Å²) in [4.78, 5) is 13.5. The quantitative estimate of drug-likeness (QED) is 0.852. The zero-order valence-electron chi connectivity index (χ0n) is 10.6. The summed E-state index contributed by atoms with van der Waals surface area (Å²) in [6.07, 6.45) is 1.51. The van der Waals surface area contributed by atoms with Crippen LogP contribution in [0.5, 0.6) is 0 Å². The smallest absolute Gasteiger partial charge is 0.254 e. The number of carbonyl (C=O) groups excluding carboxylic acids is 1. The highest BCUT2D eigenvalue weighted by molar-refractivity contribution is 5.94. The van der Waals surface area contributed by atoms with Crippen molar-refractivity contribution in [2.45, 2.75) is 13.0 Å². The molecule has 1 heterocycles. The molecule has 0 aliphatic heterocycles. The number of amides is 1. The molecule has 2 rings (SSSR count). The van der Waals surface area contributed by atoms with Gasteiger partial charge in [0.25, 0.3) is 5.91 Å². The molecule has 1 amide bonds. The molecule has 1 atom stereocenters. The first-order valence-corrected chi connectivity index (χ1v) is 5.75. The molecule has 19 heavy (non-hydrogen) atoms. The van der Waals surface area contributed by atoms with E-state index < -0.39 is 17.5 Å². The van der Waals surface area contributed by atoms with Crippen LogP contribution >= 0.6 is 0 Å². The molecule has 1 aromatic carbocycles. The van der Waals surface area contributed by atoms with Crippen LogP contribution in [0.1, 0.15) is 29.1 Å². The second-order valence-electron chi connectivity index (χ2n) is 4.27. The van der Waals surface area contributed by atoms with E-state index in [0.29, 0.717) is 5.76 Å². The maximum absolute atomic E-state index is 13.1. The lowest BCUT2D eigenvalue weighted by Gasteiger charge is -2.23. The topological polar surface area (TPSA) is 33.5 Å². The molecule has 0 saturated heterocycles. The van der Waals surface area contributed by atoms with E-state index in [2.05, 4.69) is 0 Å². The van der Waals surface area contributed by atoms with Crippen molar-refractivity contribution in [3.63, 3.8) is 0 Å². The fourth-order valence-electron chi connectivity index (χ4n) is 1.78. The Hall–Kier alpha value is -2.17. The van der Waals surface area contributed by atoms with Crippen LogP contribution in [0.2, 0.25) is 0 Å². The molecular weight excluding hydrogens is 252 g/mol. The van der Waals surface area contributed by atoms with Crippen molar-refractivity contribution in [2.75, 3.05) is 7.05 Å². The van der Waals surface area contributed by atoms with E-state index in [1.807, 2.05) is 0 Å². The van der Waals surface area contributed by atoms with E-state index in [1.54, 1.807) is 26.1 Å². The minimum Gasteiger partial charge on any atom is -0.467 e. The lowest BCUT2D eigenvalue weighted by molar-refractivity contribution is 0.0725. The number of hydrogen-bond acceptors (Lipinski definition) is 2. The standard InChI is InChI=1S/C14H13F2NO2/c1-9(13-4-3-5-19-13)17(2)14(18)10-6-11(15)8-12(16)7-10/h3-9H,1-2H3. The molecule has 2 aromatic rings. The molecular formula is C14H13F2NO2. The van der Waals surface area contributed by atoms with Gasteiger partial charge in [-0.15, -0.1) is 0 Å². The highest BCUT2D eigenvalue weighted by Gasteiger charge is 2.21. The minimum absolute atomic E-state index is 0.0293. The van der Waals surface area contributed by atoms with E-state index >= 15 is 0 Å². The Morgan fingerprint density at radius 1 is 1.26 bits per heavy atom. The van der Waals surface area contributed by atoms with E-state index in [9.17, 15) is 13.6 Å². The van der Waals surface area contributed by atoms with Gasteiger partial charge in [0.15, 0.2) is 0 Å². The summed E-state index contributed by atoms with van der Waals surface area (Å²) in [7, 11) is 1.55. The number of hydrogen-bond donors (Lipinski definition) is 0. The molecule has 0 aliphatic rings. The van der Waals surface area contributed by atoms with Crippen molar-refractivity contribution in [3.05, 3.63) is 59.6 Å². The van der Waals surface area contributed by atoms with Crippen molar-refractivity contribution in [1.29, 1.82) is 0 Å². The van der Waals surface area contributed by atoms with Gasteiger partial charge < -0.3 is 9.32 Å². The number of rotatable bonds is 3. The number of furan rings is 1. The van der Waals surface area contributed by atoms with E-state index in [0.717, 1.165) is 18.2 Å². The molecule has 100 valence electrons. The van der Waals surface area contributed by atoms with Crippen LogP contribution in [0.4, 0.5) is 8.78 Å². The molecule has 0 saturated carbocycles. The van der Waals surface area contributed by atoms with Crippen LogP contribution in [0.25, 0.3) is 0 Å². The number of halogens is 2. The molecule has 0 N–H and O–H groups in total. The van der Waals surface area contributed by atoms with Crippen LogP contribution in [0.3, 0.4) is 0 Å². The zero-order chi connectivity index (χ0) is 14.0. The third-order valence-electron chi connectivity index (χ3n) is 2.97. The lowest BCUT2D eigenvalue weighted by atomic mass is 10.1. The van der Waals surface area contributed by atoms with Gasteiger partial charge >= 0.3 is 0 Å². The lowest BCUT2D eigenvalue weighted by Crippen LogP contribution is -2.29. The van der Waals surface area contributed by atoms with Crippen molar-refractivity contribution in [3.8, 4) is 0 Å². The predicted octanol–water partition coefficient (Wildman–Crippen LogP) is 3.39. The van der Waals surface area contributed by atoms with Crippen LogP contribution in [-0.2, 0) is 0 Å². The summed E-state index contributed by atoms with van der Waals surface area (Å²) in [6.45, 7) is 1.77. The number of benzene rings is 1. The Labute approximate surface area is 109 Å². The molecule has 0 aliphatic carbocycles. The fourth-order valence-corrected chi connectivity index (χ4v) is 1.78. The zero-order valence-corrected chi connectivity index (χ0v) is 10.6. The molecule has 5 heteroatoms. The highest BCUT2D eigenvalue weighted by Crippen LogP contribution is 2.21. The van der Waals surface area contributed by atoms with Gasteiger partial charge in [0.1, 0.15) is 17.4 Å². The van der Waals surface area contributed by atoms with Gasteiger partial charge in [0, 0.05) is 18.7 Å². The molecule has 1 aromatic heterocycles. The van der Waals surface area contributed by atoms with Gasteiger partial charge in [-0.1, -0.05) is 0 Å². The Morgan fingerprint density at radius 3 is 2.42 bits per heavy atom. The van der Waals surface area contributed by atoms with Gasteiger partial charge in [0.2, 0.25) is 0 Å². The van der Waals surface area contributed by atoms with Crippen LogP contribution < -0.4 is 0 Å². The van der Waals surface area contributed by atoms with E-state index in [1.165, 1.54) is 11.2 Å². The van der Waals surface area contributed by atoms with Crippen molar-refractivity contribution >= 4 is 5.91 Å². The third-order valence-corrected chi connectivity index (χ3v) is 2.97. The SMILES string of the molecule is CC(c1ccco1)N(C)C(=O)c1cc(F)cc(F)c1. The average Bonchev–Trinajstić information content (AvgIpc) is 2.88. The van der Waals surface area contributed by atoms with Gasteiger partial charge in [-0.3, -0.25) is 4.79 Å². The summed E-state index contributed by atoms with van der Waals surface area (Å²) in [5, 5.41) is 0. The average molecular weight is 265 g/mol. The van der Waals surface area contributed by atoms with Crippen LogP contribution in [-0.4, -0.2) is 17.9 Å². The molecule has 1 unspecified atom stereocenters. The predicted molar refractivity (Wildman–Crippen MR) is 65.6 cm³/mol. The number of nitrogens with zero attached hydrogens (tertiary/aromatic N) is 1. The van der Waals surface area contributed by atoms with Gasteiger partial charge in [0.05, 0.1) is 12.3 Å². The molecule has 0 spiro atoms. The van der Waals surface area contributed by atoms with E-state index in [-0.39, 0.29) is 11.6 Å². The minimum atomic E-state index is -0.776. The first-order chi connectivity index (χ1) is 8.99. The van der Waals surface area contributed by atoms with Crippen LogP contribution in [0.15, 0.2) is 41.0 Å². The van der Waals surface area contributed by atoms with E-state index in [4.69, 9.17) is 4.42 Å². The Morgan fingerprint density at radius 2 is 1.89 bits per heavy atom. The second kappa shape index (κ2) is 5.22. The first kappa shape index (κ1) is 13.3. The summed E-state index contributed by atoms with van der Waals surface area (Å²) in [5.74, 6) is -1.42. The van der Waals surface area contributed by atoms with Gasteiger partial charge in [-0.2, -0.15) is 0 Å². The first-order valence-electron chi connectivity index (χ1n) is 5.75. The van der Waals surface area contributed by atoms with Crippen molar-refractivity contribution in [1.82, 2.24) is 4.90 Å². The van der Waals surface area contributed by atoms with Gasteiger partial charge in [-0.25, -0.2) is 8.78 Å². The van der Waals surface area contributed by atoms with Gasteiger partial charge in [-0.05, 0) is 31.2 Å². The Kier molecular flexibility index (Phi) is 3.64. The Bertz CT molecular complexity index is 561.